The fourth-order valence-electron chi connectivity index (χ4n) is 1.62. The van der Waals surface area contributed by atoms with Crippen molar-refractivity contribution in [1.29, 1.82) is 0 Å². The van der Waals surface area contributed by atoms with Crippen LogP contribution in [-0.4, -0.2) is 24.4 Å². The van der Waals surface area contributed by atoms with Crippen molar-refractivity contribution in [3.8, 4) is 0 Å². The van der Waals surface area contributed by atoms with Crippen LogP contribution in [0.4, 0.5) is 5.69 Å². The van der Waals surface area contributed by atoms with Crippen LogP contribution in [0, 0.1) is 0 Å². The first-order chi connectivity index (χ1) is 9.83. The third-order valence-corrected chi connectivity index (χ3v) is 3.12. The largest absolute Gasteiger partial charge is 0.480 e. The molecule has 3 nitrogen and oxygen atoms in total. The number of nitrogens with zero attached hydrogens (tertiary/aromatic N) is 2. The second-order valence-corrected chi connectivity index (χ2v) is 4.69. The minimum absolute atomic E-state index is 0.564. The summed E-state index contributed by atoms with van der Waals surface area (Å²) in [5.41, 5.74) is 1.81. The molecule has 0 atom stereocenters. The van der Waals surface area contributed by atoms with Gasteiger partial charge in [-0.2, -0.15) is 4.99 Å². The molecule has 0 aliphatic rings. The van der Waals surface area contributed by atoms with Gasteiger partial charge in [-0.15, -0.1) is 0 Å². The van der Waals surface area contributed by atoms with E-state index in [1.807, 2.05) is 66.9 Å². The number of hydrogen-bond acceptors (Lipinski definition) is 3. The van der Waals surface area contributed by atoms with Crippen molar-refractivity contribution >= 4 is 28.5 Å². The number of methoxy groups -OCH3 is 1. The van der Waals surface area contributed by atoms with Crippen molar-refractivity contribution in [2.45, 2.75) is 0 Å². The summed E-state index contributed by atoms with van der Waals surface area (Å²) in [5.74, 6) is 0.564. The molecule has 0 heterocycles. The Morgan fingerprint density at radius 3 is 2.10 bits per heavy atom. The Bertz CT molecular complexity index is 594. The molecule has 0 radical (unpaired) electrons. The van der Waals surface area contributed by atoms with Gasteiger partial charge < -0.3 is 4.74 Å². The van der Waals surface area contributed by atoms with Crippen LogP contribution in [0.1, 0.15) is 5.56 Å². The number of hydrogen-bond donors (Lipinski definition) is 0. The molecule has 0 fully saturated rings. The van der Waals surface area contributed by atoms with Crippen molar-refractivity contribution in [3.05, 3.63) is 66.2 Å². The second-order valence-electron chi connectivity index (χ2n) is 3.92. The fourth-order valence-corrected chi connectivity index (χ4v) is 2.00. The van der Waals surface area contributed by atoms with Crippen LogP contribution in [0.5, 0.6) is 0 Å². The summed E-state index contributed by atoms with van der Waals surface area (Å²) in [6.07, 6.45) is 1.95. The van der Waals surface area contributed by atoms with Crippen molar-refractivity contribution in [2.75, 3.05) is 13.4 Å². The van der Waals surface area contributed by atoms with E-state index in [1.54, 1.807) is 7.11 Å². The number of ether oxygens (including phenoxy) is 1. The topological polar surface area (TPSA) is 34.0 Å². The Morgan fingerprint density at radius 1 is 0.950 bits per heavy atom. The van der Waals surface area contributed by atoms with Crippen LogP contribution in [-0.2, 0) is 4.74 Å². The molecule has 0 saturated carbocycles. The highest BCUT2D eigenvalue weighted by Gasteiger charge is 2.05. The molecule has 0 aliphatic heterocycles. The third-order valence-electron chi connectivity index (χ3n) is 2.57. The van der Waals surface area contributed by atoms with E-state index < -0.39 is 0 Å². The van der Waals surface area contributed by atoms with Gasteiger partial charge in [0.05, 0.1) is 12.8 Å². The maximum atomic E-state index is 5.36. The quantitative estimate of drug-likeness (QED) is 0.614. The lowest BCUT2D eigenvalue weighted by atomic mass is 10.2. The summed E-state index contributed by atoms with van der Waals surface area (Å²) in [4.78, 5) is 8.99. The SMILES string of the molecule is CO/C(=N\C(=Nc1ccccc1)SC)c1ccccc1. The van der Waals surface area contributed by atoms with Crippen LogP contribution in [0.25, 0.3) is 0 Å². The molecular formula is C16H16N2OS. The number of rotatable bonds is 2. The molecule has 102 valence electrons. The third kappa shape index (κ3) is 3.96. The van der Waals surface area contributed by atoms with Crippen LogP contribution < -0.4 is 0 Å². The first kappa shape index (κ1) is 14.3. The maximum absolute atomic E-state index is 5.36. The van der Waals surface area contributed by atoms with Crippen LogP contribution in [0.15, 0.2) is 70.6 Å². The van der Waals surface area contributed by atoms with Gasteiger partial charge in [-0.1, -0.05) is 48.2 Å². The van der Waals surface area contributed by atoms with Gasteiger partial charge in [-0.05, 0) is 30.5 Å². The highest BCUT2D eigenvalue weighted by molar-refractivity contribution is 8.13. The lowest BCUT2D eigenvalue weighted by Crippen LogP contribution is -2.05. The zero-order chi connectivity index (χ0) is 14.2. The normalized spacial score (nSPS) is 12.3. The predicted octanol–water partition coefficient (Wildman–Crippen LogP) is 4.13. The molecule has 0 aromatic heterocycles. The molecule has 0 unspecified atom stereocenters. The Kier molecular flexibility index (Phi) is 5.38. The lowest BCUT2D eigenvalue weighted by molar-refractivity contribution is 0.405. The van der Waals surface area contributed by atoms with Crippen LogP contribution in [0.3, 0.4) is 0 Å². The summed E-state index contributed by atoms with van der Waals surface area (Å²) in [6.45, 7) is 0. The molecule has 0 aliphatic carbocycles. The van der Waals surface area contributed by atoms with Crippen LogP contribution in [0.2, 0.25) is 0 Å². The zero-order valence-electron chi connectivity index (χ0n) is 11.5. The second kappa shape index (κ2) is 7.50. The van der Waals surface area contributed by atoms with Gasteiger partial charge in [0.2, 0.25) is 5.90 Å². The number of para-hydroxylation sites is 1. The minimum Gasteiger partial charge on any atom is -0.480 e. The smallest absolute Gasteiger partial charge is 0.222 e. The monoisotopic (exact) mass is 284 g/mol. The van der Waals surface area contributed by atoms with E-state index in [2.05, 4.69) is 9.98 Å². The van der Waals surface area contributed by atoms with Crippen molar-refractivity contribution in [3.63, 3.8) is 0 Å². The fraction of sp³-hybridized carbons (Fsp3) is 0.125. The Hall–Kier alpha value is -2.07. The van der Waals surface area contributed by atoms with Crippen molar-refractivity contribution in [1.82, 2.24) is 0 Å². The lowest BCUT2D eigenvalue weighted by Gasteiger charge is -2.05. The van der Waals surface area contributed by atoms with E-state index in [0.29, 0.717) is 11.1 Å². The van der Waals surface area contributed by atoms with E-state index in [0.717, 1.165) is 11.3 Å². The van der Waals surface area contributed by atoms with Crippen molar-refractivity contribution < 1.29 is 4.74 Å². The van der Waals surface area contributed by atoms with Gasteiger partial charge in [-0.25, -0.2) is 4.99 Å². The molecule has 0 bridgehead atoms. The minimum atomic E-state index is 0.564. The van der Waals surface area contributed by atoms with E-state index in [9.17, 15) is 0 Å². The van der Waals surface area contributed by atoms with Gasteiger partial charge >= 0.3 is 0 Å². The summed E-state index contributed by atoms with van der Waals surface area (Å²) in [6, 6.07) is 19.6. The van der Waals surface area contributed by atoms with E-state index in [1.165, 1.54) is 11.8 Å². The molecule has 4 heteroatoms. The predicted molar refractivity (Wildman–Crippen MR) is 87.0 cm³/mol. The summed E-state index contributed by atoms with van der Waals surface area (Å²) in [7, 11) is 1.62. The number of aliphatic imine (C=N–C) groups is 2. The van der Waals surface area contributed by atoms with Gasteiger partial charge in [0.15, 0.2) is 5.17 Å². The van der Waals surface area contributed by atoms with Gasteiger partial charge in [-0.3, -0.25) is 0 Å². The van der Waals surface area contributed by atoms with E-state index >= 15 is 0 Å². The number of benzene rings is 2. The molecule has 0 N–H and O–H groups in total. The standard InChI is InChI=1S/C16H16N2OS/c1-19-15(13-9-5-3-6-10-13)18-16(20-2)17-14-11-7-4-8-12-14/h3-12H,1-2H3/b17-16?,18-15-. The Morgan fingerprint density at radius 2 is 1.55 bits per heavy atom. The first-order valence-electron chi connectivity index (χ1n) is 6.19. The zero-order valence-corrected chi connectivity index (χ0v) is 12.3. The first-order valence-corrected chi connectivity index (χ1v) is 7.42. The molecule has 2 aromatic rings. The number of amidine groups is 1. The molecule has 2 rings (SSSR count). The van der Waals surface area contributed by atoms with Crippen LogP contribution >= 0.6 is 11.8 Å². The summed E-state index contributed by atoms with van der Waals surface area (Å²) in [5, 5.41) is 0.664. The molecule has 20 heavy (non-hydrogen) atoms. The number of thioether (sulfide) groups is 1. The van der Waals surface area contributed by atoms with Crippen molar-refractivity contribution in [2.24, 2.45) is 9.98 Å². The highest BCUT2D eigenvalue weighted by atomic mass is 32.2. The van der Waals surface area contributed by atoms with Gasteiger partial charge in [0.25, 0.3) is 0 Å². The molecule has 0 spiro atoms. The Labute approximate surface area is 123 Å². The van der Waals surface area contributed by atoms with Gasteiger partial charge in [0.1, 0.15) is 0 Å². The summed E-state index contributed by atoms with van der Waals surface area (Å²) >= 11 is 1.49. The molecule has 0 saturated heterocycles. The van der Waals surface area contributed by atoms with E-state index in [-0.39, 0.29) is 0 Å². The highest BCUT2D eigenvalue weighted by Crippen LogP contribution is 2.15. The Balaban J connectivity index is 2.32. The molecule has 0 amide bonds. The molecule has 2 aromatic carbocycles. The summed E-state index contributed by atoms with van der Waals surface area (Å²) < 4.78 is 5.36. The maximum Gasteiger partial charge on any atom is 0.222 e. The van der Waals surface area contributed by atoms with Gasteiger partial charge in [0, 0.05) is 5.56 Å². The average Bonchev–Trinajstić information content (AvgIpc) is 2.53. The molecular weight excluding hydrogens is 268 g/mol. The van der Waals surface area contributed by atoms with E-state index in [4.69, 9.17) is 4.74 Å². The average molecular weight is 284 g/mol.